The Morgan fingerprint density at radius 1 is 1.08 bits per heavy atom. The maximum atomic E-state index is 13.4. The Labute approximate surface area is 223 Å². The Hall–Kier alpha value is -3.36. The van der Waals surface area contributed by atoms with Crippen molar-refractivity contribution in [2.45, 2.75) is 44.8 Å². The number of hydrogen-bond donors (Lipinski definition) is 1. The number of fused-ring (bicyclic) bond motifs is 1. The van der Waals surface area contributed by atoms with Gasteiger partial charge in [0.1, 0.15) is 17.9 Å². The van der Waals surface area contributed by atoms with Crippen LogP contribution in [0.15, 0.2) is 42.5 Å². The summed E-state index contributed by atoms with van der Waals surface area (Å²) in [7, 11) is 2.21. The molecule has 2 saturated heterocycles. The number of aromatic nitrogens is 3. The number of nitrogens with zero attached hydrogens (tertiary/aromatic N) is 5. The summed E-state index contributed by atoms with van der Waals surface area (Å²) in [5.74, 6) is 2.36. The van der Waals surface area contributed by atoms with Gasteiger partial charge in [-0.15, -0.1) is 0 Å². The first-order valence-corrected chi connectivity index (χ1v) is 14.0. The smallest absolute Gasteiger partial charge is 0.254 e. The van der Waals surface area contributed by atoms with Crippen molar-refractivity contribution in [3.63, 3.8) is 0 Å². The summed E-state index contributed by atoms with van der Waals surface area (Å²) < 4.78 is 10.9. The molecule has 2 aromatic carbocycles. The lowest BCUT2D eigenvalue weighted by Crippen LogP contribution is -2.45. The zero-order chi connectivity index (χ0) is 25.8. The predicted molar refractivity (Wildman–Crippen MR) is 149 cm³/mol. The molecule has 7 rings (SSSR count). The van der Waals surface area contributed by atoms with E-state index in [1.807, 2.05) is 17.0 Å². The van der Waals surface area contributed by atoms with E-state index >= 15 is 0 Å². The van der Waals surface area contributed by atoms with Crippen molar-refractivity contribution in [3.8, 4) is 17.3 Å². The van der Waals surface area contributed by atoms with Gasteiger partial charge in [-0.2, -0.15) is 0 Å². The van der Waals surface area contributed by atoms with Crippen molar-refractivity contribution in [3.05, 3.63) is 48.0 Å². The Balaban J connectivity index is 1.32. The molecule has 2 N–H and O–H groups in total. The summed E-state index contributed by atoms with van der Waals surface area (Å²) in [6.45, 7) is 5.94. The Morgan fingerprint density at radius 3 is 2.76 bits per heavy atom. The van der Waals surface area contributed by atoms with Crippen LogP contribution in [-0.2, 0) is 13.1 Å². The molecule has 38 heavy (non-hydrogen) atoms. The van der Waals surface area contributed by atoms with Crippen LogP contribution in [-0.4, -0.2) is 75.7 Å². The van der Waals surface area contributed by atoms with E-state index in [-0.39, 0.29) is 11.9 Å². The summed E-state index contributed by atoms with van der Waals surface area (Å²) in [5.41, 5.74) is 11.0. The fourth-order valence-corrected chi connectivity index (χ4v) is 6.60. The number of benzene rings is 2. The van der Waals surface area contributed by atoms with Gasteiger partial charge in [0.2, 0.25) is 0 Å². The molecule has 3 aliphatic heterocycles. The van der Waals surface area contributed by atoms with Crippen LogP contribution in [0.4, 0.5) is 0 Å². The summed E-state index contributed by atoms with van der Waals surface area (Å²) in [4.78, 5) is 22.9. The third-order valence-electron chi connectivity index (χ3n) is 8.69. The van der Waals surface area contributed by atoms with E-state index in [4.69, 9.17) is 15.5 Å². The van der Waals surface area contributed by atoms with Gasteiger partial charge >= 0.3 is 0 Å². The normalized spacial score (nSPS) is 20.8. The number of carbonyl (C=O) groups is 1. The molecule has 0 aliphatic carbocycles. The number of piperidine rings is 2. The van der Waals surface area contributed by atoms with Crippen LogP contribution in [0.5, 0.6) is 5.75 Å². The molecule has 3 aliphatic rings. The molecule has 0 spiro atoms. The minimum Gasteiger partial charge on any atom is -0.489 e. The second-order valence-electron chi connectivity index (χ2n) is 11.4. The number of hydrogen-bond acceptors (Lipinski definition) is 5. The highest BCUT2D eigenvalue weighted by Crippen LogP contribution is 2.37. The van der Waals surface area contributed by atoms with Gasteiger partial charge in [0.25, 0.3) is 5.91 Å². The molecule has 0 radical (unpaired) electrons. The number of amides is 1. The lowest BCUT2D eigenvalue weighted by Gasteiger charge is -2.31. The van der Waals surface area contributed by atoms with E-state index in [2.05, 4.69) is 51.4 Å². The van der Waals surface area contributed by atoms with Crippen molar-refractivity contribution in [1.29, 1.82) is 0 Å². The number of imidazole rings is 1. The Bertz CT molecular complexity index is 1510. The predicted octanol–water partition coefficient (Wildman–Crippen LogP) is 3.96. The molecule has 4 aromatic rings. The monoisotopic (exact) mass is 512 g/mol. The van der Waals surface area contributed by atoms with Crippen LogP contribution < -0.4 is 10.5 Å². The third-order valence-corrected chi connectivity index (χ3v) is 8.69. The average Bonchev–Trinajstić information content (AvgIpc) is 3.49. The SMILES string of the molecule is CN1CCC(Cn2c(-c3nc4cc(C(=O)N5CCC[C@@H](N)C5)cc5c4n3CCO5)cc3ccccc32)CC1. The van der Waals surface area contributed by atoms with Gasteiger partial charge in [-0.05, 0) is 76.0 Å². The number of nitrogens with two attached hydrogens (primary N) is 1. The molecule has 8 heteroatoms. The maximum absolute atomic E-state index is 13.4. The largest absolute Gasteiger partial charge is 0.489 e. The molecule has 5 heterocycles. The first-order chi connectivity index (χ1) is 18.5. The molecule has 8 nitrogen and oxygen atoms in total. The molecule has 1 atom stereocenters. The number of para-hydroxylation sites is 1. The minimum absolute atomic E-state index is 0.0138. The van der Waals surface area contributed by atoms with Crippen molar-refractivity contribution >= 4 is 27.8 Å². The summed E-state index contributed by atoms with van der Waals surface area (Å²) in [5, 5.41) is 1.24. The van der Waals surface area contributed by atoms with E-state index in [1.54, 1.807) is 0 Å². The molecule has 2 fully saturated rings. The molecule has 0 saturated carbocycles. The van der Waals surface area contributed by atoms with Gasteiger partial charge in [-0.3, -0.25) is 4.79 Å². The second kappa shape index (κ2) is 9.43. The van der Waals surface area contributed by atoms with Crippen LogP contribution in [0.3, 0.4) is 0 Å². The van der Waals surface area contributed by atoms with E-state index < -0.39 is 0 Å². The molecular weight excluding hydrogens is 476 g/mol. The third kappa shape index (κ3) is 4.07. The molecular formula is C30H36N6O2. The van der Waals surface area contributed by atoms with Crippen LogP contribution >= 0.6 is 0 Å². The van der Waals surface area contributed by atoms with Gasteiger partial charge < -0.3 is 29.4 Å². The van der Waals surface area contributed by atoms with Gasteiger partial charge in [0.05, 0.1) is 17.8 Å². The second-order valence-corrected chi connectivity index (χ2v) is 11.4. The summed E-state index contributed by atoms with van der Waals surface area (Å²) in [6, 6.07) is 14.8. The average molecular weight is 513 g/mol. The van der Waals surface area contributed by atoms with Crippen molar-refractivity contribution in [2.24, 2.45) is 11.7 Å². The molecule has 0 unspecified atom stereocenters. The van der Waals surface area contributed by atoms with Crippen molar-refractivity contribution < 1.29 is 9.53 Å². The molecule has 1 amide bonds. The highest BCUT2D eigenvalue weighted by Gasteiger charge is 2.28. The summed E-state index contributed by atoms with van der Waals surface area (Å²) >= 11 is 0. The van der Waals surface area contributed by atoms with Gasteiger partial charge in [-0.1, -0.05) is 18.2 Å². The molecule has 0 bridgehead atoms. The minimum atomic E-state index is 0.0138. The molecule has 198 valence electrons. The maximum Gasteiger partial charge on any atom is 0.254 e. The first-order valence-electron chi connectivity index (χ1n) is 14.0. The number of likely N-dealkylation sites (tertiary alicyclic amines) is 2. The lowest BCUT2D eigenvalue weighted by molar-refractivity contribution is 0.0708. The van der Waals surface area contributed by atoms with E-state index in [0.29, 0.717) is 24.6 Å². The van der Waals surface area contributed by atoms with Crippen LogP contribution in [0.2, 0.25) is 0 Å². The number of ether oxygens (including phenoxy) is 1. The highest BCUT2D eigenvalue weighted by molar-refractivity contribution is 6.00. The number of carbonyl (C=O) groups excluding carboxylic acids is 1. The summed E-state index contributed by atoms with van der Waals surface area (Å²) in [6.07, 6.45) is 4.33. The van der Waals surface area contributed by atoms with E-state index in [1.165, 1.54) is 23.7 Å². The molecule has 2 aromatic heterocycles. The van der Waals surface area contributed by atoms with Crippen LogP contribution in [0.1, 0.15) is 36.0 Å². The van der Waals surface area contributed by atoms with Gasteiger partial charge in [0.15, 0.2) is 5.82 Å². The fraction of sp³-hybridized carbons (Fsp3) is 0.467. The topological polar surface area (TPSA) is 81.5 Å². The van der Waals surface area contributed by atoms with Crippen LogP contribution in [0.25, 0.3) is 33.5 Å². The number of rotatable bonds is 4. The van der Waals surface area contributed by atoms with Crippen LogP contribution in [0, 0.1) is 5.92 Å². The first kappa shape index (κ1) is 23.7. The highest BCUT2D eigenvalue weighted by atomic mass is 16.5. The zero-order valence-corrected chi connectivity index (χ0v) is 22.1. The zero-order valence-electron chi connectivity index (χ0n) is 22.1. The Kier molecular flexibility index (Phi) is 5.89. The van der Waals surface area contributed by atoms with Gasteiger partial charge in [-0.25, -0.2) is 4.98 Å². The van der Waals surface area contributed by atoms with E-state index in [0.717, 1.165) is 73.9 Å². The van der Waals surface area contributed by atoms with Crippen molar-refractivity contribution in [1.82, 2.24) is 23.9 Å². The van der Waals surface area contributed by atoms with Crippen molar-refractivity contribution in [2.75, 3.05) is 39.8 Å². The van der Waals surface area contributed by atoms with E-state index in [9.17, 15) is 4.79 Å². The standard InChI is InChI=1S/C30H36N6O2/c1-33-11-8-20(9-12-33)18-36-25-7-3-2-5-21(25)16-26(36)29-32-24-15-22(17-27-28(24)35(29)13-14-38-27)30(37)34-10-4-6-23(31)19-34/h2-3,5,7,15-17,20,23H,4,6,8-14,18-19,31H2,1H3/t23-/m1/s1. The fourth-order valence-electron chi connectivity index (χ4n) is 6.60. The lowest BCUT2D eigenvalue weighted by atomic mass is 9.97. The Morgan fingerprint density at radius 2 is 1.92 bits per heavy atom. The quantitative estimate of drug-likeness (QED) is 0.448. The van der Waals surface area contributed by atoms with Gasteiger partial charge in [0, 0.05) is 42.1 Å².